The average Bonchev–Trinajstić information content (AvgIpc) is 2.80. The Kier molecular flexibility index (Phi) is 5.17. The summed E-state index contributed by atoms with van der Waals surface area (Å²) in [5.41, 5.74) is 0.185. The minimum atomic E-state index is -0.812. The lowest BCUT2D eigenvalue weighted by molar-refractivity contribution is -0.122. The van der Waals surface area contributed by atoms with Crippen LogP contribution in [0.1, 0.15) is 39.2 Å². The first-order valence-corrected chi connectivity index (χ1v) is 8.54. The van der Waals surface area contributed by atoms with Crippen LogP contribution in [0.3, 0.4) is 0 Å². The second-order valence-corrected chi connectivity index (χ2v) is 6.78. The van der Waals surface area contributed by atoms with Crippen molar-refractivity contribution < 1.29 is 23.2 Å². The number of carbonyl (C=O) groups excluding carboxylic acids is 3. The number of hydrogen-bond donors (Lipinski definition) is 1. The molecule has 0 fully saturated rings. The van der Waals surface area contributed by atoms with Gasteiger partial charge in [-0.15, -0.1) is 0 Å². The van der Waals surface area contributed by atoms with E-state index in [0.717, 1.165) is 11.0 Å². The number of fused-ring (bicyclic) bond motifs is 1. The third kappa shape index (κ3) is 3.65. The number of nitrogens with zero attached hydrogens (tertiary/aromatic N) is 1. The minimum absolute atomic E-state index is 0.0554. The van der Waals surface area contributed by atoms with E-state index < -0.39 is 41.9 Å². The highest BCUT2D eigenvalue weighted by Crippen LogP contribution is 2.31. The van der Waals surface area contributed by atoms with Crippen LogP contribution in [0.5, 0.6) is 0 Å². The highest BCUT2D eigenvalue weighted by molar-refractivity contribution is 6.43. The van der Waals surface area contributed by atoms with Gasteiger partial charge in [-0.25, -0.2) is 8.78 Å². The Balaban J connectivity index is 1.73. The maximum Gasteiger partial charge on any atom is 0.262 e. The number of amides is 3. The summed E-state index contributed by atoms with van der Waals surface area (Å²) in [5, 5.41) is 2.70. The molecule has 2 aromatic carbocycles. The molecule has 2 aromatic rings. The predicted molar refractivity (Wildman–Crippen MR) is 94.7 cm³/mol. The summed E-state index contributed by atoms with van der Waals surface area (Å²) in [6.45, 7) is 0.935. The molecule has 1 unspecified atom stereocenters. The van der Waals surface area contributed by atoms with E-state index >= 15 is 0 Å². The largest absolute Gasteiger partial charge is 0.348 e. The van der Waals surface area contributed by atoms with E-state index in [1.54, 1.807) is 0 Å². The van der Waals surface area contributed by atoms with Crippen LogP contribution >= 0.6 is 23.2 Å². The normalized spacial score (nSPS) is 14.3. The number of imide groups is 1. The fourth-order valence-corrected chi connectivity index (χ4v) is 3.12. The van der Waals surface area contributed by atoms with Crippen molar-refractivity contribution in [2.45, 2.75) is 13.0 Å². The van der Waals surface area contributed by atoms with E-state index in [1.807, 2.05) is 0 Å². The van der Waals surface area contributed by atoms with Crippen molar-refractivity contribution in [2.75, 3.05) is 6.54 Å². The molecule has 1 aliphatic heterocycles. The Bertz CT molecular complexity index is 940. The summed E-state index contributed by atoms with van der Waals surface area (Å²) in [6, 6.07) is 4.73. The zero-order chi connectivity index (χ0) is 19.9. The van der Waals surface area contributed by atoms with Gasteiger partial charge in [0.15, 0.2) is 0 Å². The second kappa shape index (κ2) is 7.25. The van der Waals surface area contributed by atoms with E-state index in [-0.39, 0.29) is 26.7 Å². The third-order valence-corrected chi connectivity index (χ3v) is 4.84. The first-order chi connectivity index (χ1) is 12.7. The molecule has 140 valence electrons. The highest BCUT2D eigenvalue weighted by Gasteiger charge is 2.37. The number of rotatable bonds is 4. The molecular formula is C18H12Cl2F2N2O3. The first kappa shape index (κ1) is 19.3. The van der Waals surface area contributed by atoms with Gasteiger partial charge < -0.3 is 5.32 Å². The SMILES string of the molecule is CC(NC(=O)CN1C(=O)c2cc(Cl)c(Cl)cc2C1=O)c1ccc(F)cc1F. The quantitative estimate of drug-likeness (QED) is 0.777. The number of carbonyl (C=O) groups is 3. The van der Waals surface area contributed by atoms with Gasteiger partial charge in [0.2, 0.25) is 5.91 Å². The second-order valence-electron chi connectivity index (χ2n) is 5.96. The van der Waals surface area contributed by atoms with Crippen LogP contribution < -0.4 is 5.32 Å². The van der Waals surface area contributed by atoms with E-state index in [9.17, 15) is 23.2 Å². The van der Waals surface area contributed by atoms with E-state index in [0.29, 0.717) is 6.07 Å². The average molecular weight is 413 g/mol. The molecule has 3 amide bonds. The highest BCUT2D eigenvalue weighted by atomic mass is 35.5. The number of benzene rings is 2. The molecule has 0 aliphatic carbocycles. The van der Waals surface area contributed by atoms with Crippen molar-refractivity contribution >= 4 is 40.9 Å². The first-order valence-electron chi connectivity index (χ1n) is 7.78. The zero-order valence-corrected chi connectivity index (χ0v) is 15.4. The molecule has 1 N–H and O–H groups in total. The Morgan fingerprint density at radius 3 is 2.15 bits per heavy atom. The number of hydrogen-bond acceptors (Lipinski definition) is 3. The van der Waals surface area contributed by atoms with Crippen molar-refractivity contribution in [3.63, 3.8) is 0 Å². The molecule has 0 saturated heterocycles. The van der Waals surface area contributed by atoms with Gasteiger partial charge >= 0.3 is 0 Å². The van der Waals surface area contributed by atoms with Crippen LogP contribution in [0.4, 0.5) is 8.78 Å². The van der Waals surface area contributed by atoms with Gasteiger partial charge in [-0.05, 0) is 25.1 Å². The lowest BCUT2D eigenvalue weighted by Crippen LogP contribution is -2.41. The van der Waals surface area contributed by atoms with Gasteiger partial charge in [0, 0.05) is 11.6 Å². The third-order valence-electron chi connectivity index (χ3n) is 4.12. The maximum absolute atomic E-state index is 13.8. The smallest absolute Gasteiger partial charge is 0.262 e. The lowest BCUT2D eigenvalue weighted by atomic mass is 10.1. The number of nitrogens with one attached hydrogen (secondary N) is 1. The Labute approximate surface area is 162 Å². The van der Waals surface area contributed by atoms with E-state index in [1.165, 1.54) is 25.1 Å². The molecule has 0 saturated carbocycles. The van der Waals surface area contributed by atoms with Crippen molar-refractivity contribution in [1.29, 1.82) is 0 Å². The zero-order valence-electron chi connectivity index (χ0n) is 13.9. The van der Waals surface area contributed by atoms with E-state index in [2.05, 4.69) is 5.32 Å². The Morgan fingerprint density at radius 1 is 1.07 bits per heavy atom. The van der Waals surface area contributed by atoms with Gasteiger partial charge in [-0.1, -0.05) is 29.3 Å². The molecule has 5 nitrogen and oxygen atoms in total. The fraction of sp³-hybridized carbons (Fsp3) is 0.167. The van der Waals surface area contributed by atoms with Crippen molar-refractivity contribution in [1.82, 2.24) is 10.2 Å². The minimum Gasteiger partial charge on any atom is -0.348 e. The summed E-state index contributed by atoms with van der Waals surface area (Å²) in [5.74, 6) is -3.59. The topological polar surface area (TPSA) is 66.5 Å². The monoisotopic (exact) mass is 412 g/mol. The molecule has 27 heavy (non-hydrogen) atoms. The summed E-state index contributed by atoms with van der Waals surface area (Å²) < 4.78 is 26.8. The molecule has 1 aliphatic rings. The van der Waals surface area contributed by atoms with Crippen molar-refractivity contribution in [2.24, 2.45) is 0 Å². The molecular weight excluding hydrogens is 401 g/mol. The van der Waals surface area contributed by atoms with Gasteiger partial charge in [-0.3, -0.25) is 19.3 Å². The molecule has 0 aromatic heterocycles. The summed E-state index contributed by atoms with van der Waals surface area (Å²) in [7, 11) is 0. The number of halogens is 4. The van der Waals surface area contributed by atoms with Crippen molar-refractivity contribution in [3.8, 4) is 0 Å². The fourth-order valence-electron chi connectivity index (χ4n) is 2.79. The summed E-state index contributed by atoms with van der Waals surface area (Å²) in [4.78, 5) is 37.7. The van der Waals surface area contributed by atoms with Crippen LogP contribution in [0.2, 0.25) is 10.0 Å². The van der Waals surface area contributed by atoms with Crippen LogP contribution in [0, 0.1) is 11.6 Å². The molecule has 0 spiro atoms. The molecule has 0 bridgehead atoms. The van der Waals surface area contributed by atoms with Gasteiger partial charge in [0.1, 0.15) is 18.2 Å². The Hall–Kier alpha value is -2.51. The van der Waals surface area contributed by atoms with Gasteiger partial charge in [0.05, 0.1) is 27.2 Å². The summed E-state index contributed by atoms with van der Waals surface area (Å²) >= 11 is 11.7. The summed E-state index contributed by atoms with van der Waals surface area (Å²) in [6.07, 6.45) is 0. The molecule has 9 heteroatoms. The van der Waals surface area contributed by atoms with Gasteiger partial charge in [0.25, 0.3) is 11.8 Å². The lowest BCUT2D eigenvalue weighted by Gasteiger charge is -2.18. The maximum atomic E-state index is 13.8. The standard InChI is InChI=1S/C18H12Cl2F2N2O3/c1-8(10-3-2-9(21)4-15(10)22)23-16(25)7-24-17(26)11-5-13(19)14(20)6-12(11)18(24)27/h2-6,8H,7H2,1H3,(H,23,25). The van der Waals surface area contributed by atoms with Crippen molar-refractivity contribution in [3.05, 3.63) is 68.7 Å². The predicted octanol–water partition coefficient (Wildman–Crippen LogP) is 3.75. The Morgan fingerprint density at radius 2 is 1.63 bits per heavy atom. The molecule has 0 radical (unpaired) electrons. The van der Waals surface area contributed by atoms with Crippen LogP contribution in [0.25, 0.3) is 0 Å². The van der Waals surface area contributed by atoms with Crippen LogP contribution in [-0.2, 0) is 4.79 Å². The van der Waals surface area contributed by atoms with Gasteiger partial charge in [-0.2, -0.15) is 0 Å². The molecule has 3 rings (SSSR count). The van der Waals surface area contributed by atoms with E-state index in [4.69, 9.17) is 23.2 Å². The molecule has 1 heterocycles. The van der Waals surface area contributed by atoms with Crippen LogP contribution in [0.15, 0.2) is 30.3 Å². The molecule has 1 atom stereocenters. The van der Waals surface area contributed by atoms with Crippen LogP contribution in [-0.4, -0.2) is 29.2 Å².